The highest BCUT2D eigenvalue weighted by Gasteiger charge is 2.69. The van der Waals surface area contributed by atoms with E-state index in [9.17, 15) is 9.59 Å². The van der Waals surface area contributed by atoms with E-state index in [2.05, 4.69) is 18.8 Å². The summed E-state index contributed by atoms with van der Waals surface area (Å²) in [5.74, 6) is 2.74. The first-order valence-corrected chi connectivity index (χ1v) is 15.6. The van der Waals surface area contributed by atoms with Crippen molar-refractivity contribution in [3.05, 3.63) is 70.2 Å². The summed E-state index contributed by atoms with van der Waals surface area (Å²) in [6, 6.07) is 15.0. The Morgan fingerprint density at radius 2 is 1.88 bits per heavy atom. The molecule has 4 aromatic rings. The van der Waals surface area contributed by atoms with Gasteiger partial charge in [-0.1, -0.05) is 37.6 Å². The van der Waals surface area contributed by atoms with Gasteiger partial charge in [0.2, 0.25) is 0 Å². The van der Waals surface area contributed by atoms with Gasteiger partial charge in [-0.25, -0.2) is 4.98 Å². The Morgan fingerprint density at radius 1 is 1.12 bits per heavy atom. The highest BCUT2D eigenvalue weighted by molar-refractivity contribution is 7.22. The maximum absolute atomic E-state index is 13.5. The third kappa shape index (κ3) is 4.49. The summed E-state index contributed by atoms with van der Waals surface area (Å²) in [7, 11) is 1.60. The lowest BCUT2D eigenvalue weighted by Crippen LogP contribution is -2.29. The van der Waals surface area contributed by atoms with Gasteiger partial charge in [-0.3, -0.25) is 14.2 Å². The Balaban J connectivity index is 1.13. The van der Waals surface area contributed by atoms with E-state index in [1.54, 1.807) is 18.0 Å². The molecule has 1 unspecified atom stereocenters. The van der Waals surface area contributed by atoms with E-state index in [0.29, 0.717) is 56.7 Å². The van der Waals surface area contributed by atoms with Crippen LogP contribution in [0.3, 0.4) is 0 Å². The van der Waals surface area contributed by atoms with Crippen molar-refractivity contribution in [2.24, 2.45) is 28.6 Å². The molecule has 3 aliphatic carbocycles. The Hall–Kier alpha value is -3.16. The first-order valence-electron chi connectivity index (χ1n) is 14.4. The average Bonchev–Trinajstić information content (AvgIpc) is 3.86. The zero-order chi connectivity index (χ0) is 28.5. The molecule has 7 rings (SSSR count). The normalized spacial score (nSPS) is 22.6. The maximum Gasteiger partial charge on any atom is 0.275 e. The van der Waals surface area contributed by atoms with Gasteiger partial charge in [-0.05, 0) is 79.8 Å². The van der Waals surface area contributed by atoms with Gasteiger partial charge in [0.1, 0.15) is 16.8 Å². The molecule has 3 aliphatic rings. The Kier molecular flexibility index (Phi) is 6.32. The molecule has 41 heavy (non-hydrogen) atoms. The van der Waals surface area contributed by atoms with Crippen molar-refractivity contribution < 1.29 is 14.3 Å². The van der Waals surface area contributed by atoms with Crippen molar-refractivity contribution >= 4 is 38.9 Å². The fourth-order valence-corrected chi connectivity index (χ4v) is 7.81. The van der Waals surface area contributed by atoms with E-state index in [0.717, 1.165) is 29.7 Å². The van der Waals surface area contributed by atoms with Crippen molar-refractivity contribution in [1.82, 2.24) is 9.55 Å². The maximum atomic E-state index is 13.5. The second-order valence-electron chi connectivity index (χ2n) is 12.3. The molecular formula is C33H33ClN2O4S. The minimum absolute atomic E-state index is 0.0435. The van der Waals surface area contributed by atoms with Crippen LogP contribution < -0.4 is 15.0 Å². The van der Waals surface area contributed by atoms with Gasteiger partial charge in [0.15, 0.2) is 11.5 Å². The van der Waals surface area contributed by atoms with Crippen LogP contribution in [0.4, 0.5) is 0 Å². The highest BCUT2D eigenvalue weighted by atomic mass is 35.5. The molecule has 0 radical (unpaired) electrons. The molecule has 0 N–H and O–H groups in total. The summed E-state index contributed by atoms with van der Waals surface area (Å²) in [5.41, 5.74) is 2.03. The van der Waals surface area contributed by atoms with E-state index >= 15 is 0 Å². The first-order chi connectivity index (χ1) is 19.8. The van der Waals surface area contributed by atoms with Gasteiger partial charge in [0.25, 0.3) is 5.56 Å². The molecule has 212 valence electrons. The summed E-state index contributed by atoms with van der Waals surface area (Å²) < 4.78 is 14.2. The number of Topliss-reactive ketones (excluding diaryl/α,β-unsaturated/α-hetero) is 1. The number of ether oxygens (including phenoxy) is 2. The van der Waals surface area contributed by atoms with E-state index in [4.69, 9.17) is 21.1 Å². The Labute approximate surface area is 248 Å². The quantitative estimate of drug-likeness (QED) is 0.191. The monoisotopic (exact) mass is 588 g/mol. The SMILES string of the molecule is COc1cc(-n2cnc3cc(-c4ccc(Cl)cc4)sc3c2=O)ccc1OC[C@]1(C2CC2)CC1C(=O)C1(C(C)C)CC1. The number of nitrogens with zero attached hydrogens (tertiary/aromatic N) is 2. The van der Waals surface area contributed by atoms with E-state index in [1.807, 2.05) is 48.5 Å². The van der Waals surface area contributed by atoms with Gasteiger partial charge >= 0.3 is 0 Å². The number of fused-ring (bicyclic) bond motifs is 1. The number of ketones is 1. The number of benzene rings is 2. The minimum Gasteiger partial charge on any atom is -0.493 e. The zero-order valence-corrected chi connectivity index (χ0v) is 25.1. The number of carbonyl (C=O) groups excluding carboxylic acids is 1. The minimum atomic E-state index is -0.137. The molecule has 2 atom stereocenters. The molecule has 2 aromatic heterocycles. The molecule has 0 amide bonds. The molecule has 0 spiro atoms. The van der Waals surface area contributed by atoms with Gasteiger partial charge in [0, 0.05) is 32.7 Å². The third-order valence-corrected chi connectivity index (χ3v) is 11.1. The van der Waals surface area contributed by atoms with Gasteiger partial charge < -0.3 is 9.47 Å². The predicted octanol–water partition coefficient (Wildman–Crippen LogP) is 7.58. The van der Waals surface area contributed by atoms with Crippen LogP contribution in [0.25, 0.3) is 26.3 Å². The average molecular weight is 589 g/mol. The van der Waals surface area contributed by atoms with Crippen molar-refractivity contribution in [3.8, 4) is 27.6 Å². The fraction of sp³-hybridized carbons (Fsp3) is 0.424. The summed E-state index contributed by atoms with van der Waals surface area (Å²) in [6.45, 7) is 4.89. The number of halogens is 1. The Bertz CT molecular complexity index is 1720. The molecule has 0 aliphatic heterocycles. The summed E-state index contributed by atoms with van der Waals surface area (Å²) in [4.78, 5) is 32.5. The first kappa shape index (κ1) is 26.7. The molecule has 0 bridgehead atoms. The third-order valence-electron chi connectivity index (χ3n) is 9.70. The number of rotatable bonds is 10. The van der Waals surface area contributed by atoms with Crippen LogP contribution in [0.5, 0.6) is 11.5 Å². The number of carbonyl (C=O) groups is 1. The van der Waals surface area contributed by atoms with Crippen LogP contribution in [-0.4, -0.2) is 29.1 Å². The van der Waals surface area contributed by atoms with Gasteiger partial charge in [-0.15, -0.1) is 11.3 Å². The van der Waals surface area contributed by atoms with Crippen LogP contribution in [-0.2, 0) is 4.79 Å². The molecule has 2 heterocycles. The zero-order valence-electron chi connectivity index (χ0n) is 23.5. The smallest absolute Gasteiger partial charge is 0.275 e. The number of methoxy groups -OCH3 is 1. The van der Waals surface area contributed by atoms with Crippen molar-refractivity contribution in [2.75, 3.05) is 13.7 Å². The number of hydrogen-bond donors (Lipinski definition) is 0. The molecule has 3 saturated carbocycles. The van der Waals surface area contributed by atoms with Crippen molar-refractivity contribution in [1.29, 1.82) is 0 Å². The van der Waals surface area contributed by atoms with Crippen LogP contribution >= 0.6 is 22.9 Å². The second kappa shape index (κ2) is 9.70. The molecule has 2 aromatic carbocycles. The number of aromatic nitrogens is 2. The summed E-state index contributed by atoms with van der Waals surface area (Å²) >= 11 is 7.46. The molecule has 8 heteroatoms. The van der Waals surface area contributed by atoms with Crippen molar-refractivity contribution in [3.63, 3.8) is 0 Å². The fourth-order valence-electron chi connectivity index (χ4n) is 6.64. The summed E-state index contributed by atoms with van der Waals surface area (Å²) in [6.07, 6.45) is 6.92. The van der Waals surface area contributed by atoms with Crippen LogP contribution in [0, 0.1) is 28.6 Å². The predicted molar refractivity (Wildman–Crippen MR) is 162 cm³/mol. The molecule has 0 saturated heterocycles. The van der Waals surface area contributed by atoms with Crippen molar-refractivity contribution in [2.45, 2.75) is 46.0 Å². The van der Waals surface area contributed by atoms with Crippen LogP contribution in [0.2, 0.25) is 5.02 Å². The lowest BCUT2D eigenvalue weighted by Gasteiger charge is -2.23. The Morgan fingerprint density at radius 3 is 2.54 bits per heavy atom. The van der Waals surface area contributed by atoms with Crippen LogP contribution in [0.1, 0.15) is 46.0 Å². The molecular weight excluding hydrogens is 556 g/mol. The second-order valence-corrected chi connectivity index (χ2v) is 13.8. The van der Waals surface area contributed by atoms with E-state index in [-0.39, 0.29) is 22.3 Å². The summed E-state index contributed by atoms with van der Waals surface area (Å²) in [5, 5.41) is 0.669. The topological polar surface area (TPSA) is 70.4 Å². The lowest BCUT2D eigenvalue weighted by molar-refractivity contribution is -0.128. The van der Waals surface area contributed by atoms with E-state index < -0.39 is 0 Å². The lowest BCUT2D eigenvalue weighted by atomic mass is 9.83. The van der Waals surface area contributed by atoms with E-state index in [1.165, 1.54) is 24.2 Å². The van der Waals surface area contributed by atoms with Crippen LogP contribution in [0.15, 0.2) is 59.7 Å². The van der Waals surface area contributed by atoms with Gasteiger partial charge in [-0.2, -0.15) is 0 Å². The molecule has 6 nitrogen and oxygen atoms in total. The van der Waals surface area contributed by atoms with Gasteiger partial charge in [0.05, 0.1) is 24.9 Å². The number of thiophene rings is 1. The molecule has 3 fully saturated rings. The number of hydrogen-bond acceptors (Lipinski definition) is 6. The highest BCUT2D eigenvalue weighted by Crippen LogP contribution is 2.69. The largest absolute Gasteiger partial charge is 0.493 e. The standard InChI is InChI=1S/C33H33ClN2O4S/c1-19(2)32(12-13-32)30(37)24-16-33(24,21-6-7-21)17-40-26-11-10-23(14-27(26)39-3)36-18-35-25-15-28(41-29(25)31(36)38)20-4-8-22(34)9-5-20/h4-5,8-11,14-15,18-19,21,24H,6-7,12-13,16-17H2,1-3H3/t24?,33-/m0/s1.